The predicted molar refractivity (Wildman–Crippen MR) is 76.0 cm³/mol. The third kappa shape index (κ3) is 2.03. The second-order valence-corrected chi connectivity index (χ2v) is 7.10. The van der Waals surface area contributed by atoms with E-state index in [9.17, 15) is 0 Å². The van der Waals surface area contributed by atoms with Crippen molar-refractivity contribution < 1.29 is 0 Å². The lowest BCUT2D eigenvalue weighted by molar-refractivity contribution is -0.00405. The maximum atomic E-state index is 4.59. The minimum atomic E-state index is 0.795. The summed E-state index contributed by atoms with van der Waals surface area (Å²) in [5.41, 5.74) is 1.44. The smallest absolute Gasteiger partial charge is 0.107 e. The van der Waals surface area contributed by atoms with Gasteiger partial charge >= 0.3 is 0 Å². The van der Waals surface area contributed by atoms with Crippen LogP contribution in [-0.2, 0) is 6.42 Å². The van der Waals surface area contributed by atoms with Gasteiger partial charge in [-0.3, -0.25) is 0 Å². The van der Waals surface area contributed by atoms with Crippen molar-refractivity contribution in [2.75, 3.05) is 13.6 Å². The van der Waals surface area contributed by atoms with Crippen molar-refractivity contribution in [1.29, 1.82) is 0 Å². The highest BCUT2D eigenvalue weighted by atomic mass is 14.9. The van der Waals surface area contributed by atoms with Crippen molar-refractivity contribution in [3.8, 4) is 0 Å². The first-order valence-electron chi connectivity index (χ1n) is 8.02. The van der Waals surface area contributed by atoms with Crippen molar-refractivity contribution in [2.24, 2.45) is 23.7 Å². The van der Waals surface area contributed by atoms with Gasteiger partial charge in [0.15, 0.2) is 0 Å². The molecule has 0 atom stereocenters. The molecule has 3 nitrogen and oxygen atoms in total. The van der Waals surface area contributed by atoms with Gasteiger partial charge in [-0.15, -0.1) is 0 Å². The fourth-order valence-electron chi connectivity index (χ4n) is 5.35. The molecule has 4 saturated carbocycles. The molecule has 19 heavy (non-hydrogen) atoms. The maximum Gasteiger partial charge on any atom is 0.107 e. The van der Waals surface area contributed by atoms with E-state index in [0.29, 0.717) is 0 Å². The van der Waals surface area contributed by atoms with Crippen LogP contribution in [0.15, 0.2) is 6.20 Å². The van der Waals surface area contributed by atoms with E-state index in [1.807, 2.05) is 7.05 Å². The second-order valence-electron chi connectivity index (χ2n) is 7.10. The molecule has 0 aliphatic heterocycles. The number of nitrogens with zero attached hydrogens (tertiary/aromatic N) is 1. The summed E-state index contributed by atoms with van der Waals surface area (Å²) in [4.78, 5) is 8.22. The summed E-state index contributed by atoms with van der Waals surface area (Å²) in [7, 11) is 2.00. The van der Waals surface area contributed by atoms with Crippen molar-refractivity contribution in [2.45, 2.75) is 44.4 Å². The molecule has 1 aromatic heterocycles. The monoisotopic (exact) mass is 259 g/mol. The zero-order chi connectivity index (χ0) is 12.8. The molecule has 0 radical (unpaired) electrons. The normalized spacial score (nSPS) is 39.9. The summed E-state index contributed by atoms with van der Waals surface area (Å²) in [6.07, 6.45) is 10.6. The van der Waals surface area contributed by atoms with E-state index in [1.54, 1.807) is 0 Å². The minimum Gasteiger partial charge on any atom is -0.346 e. The number of imidazole rings is 1. The highest BCUT2D eigenvalue weighted by Gasteiger charge is 2.49. The predicted octanol–water partition coefficient (Wildman–Crippen LogP) is 2.71. The van der Waals surface area contributed by atoms with Crippen molar-refractivity contribution in [1.82, 2.24) is 15.3 Å². The molecule has 4 fully saturated rings. The number of nitrogens with one attached hydrogen (secondary N) is 2. The first-order valence-corrected chi connectivity index (χ1v) is 8.02. The Morgan fingerprint density at radius 3 is 2.47 bits per heavy atom. The number of aromatic nitrogens is 2. The lowest BCUT2D eigenvalue weighted by atomic mass is 9.51. The molecule has 2 N–H and O–H groups in total. The fraction of sp³-hybridized carbons (Fsp3) is 0.812. The maximum absolute atomic E-state index is 4.59. The zero-order valence-corrected chi connectivity index (χ0v) is 11.9. The molecule has 0 unspecified atom stereocenters. The number of likely N-dealkylation sites (N-methyl/N-ethyl adjacent to an activating group) is 1. The van der Waals surface area contributed by atoms with E-state index in [1.165, 1.54) is 37.8 Å². The molecule has 0 amide bonds. The highest BCUT2D eigenvalue weighted by Crippen LogP contribution is 2.59. The topological polar surface area (TPSA) is 40.7 Å². The zero-order valence-electron chi connectivity index (χ0n) is 11.9. The molecule has 4 bridgehead atoms. The van der Waals surface area contributed by atoms with Crippen molar-refractivity contribution >= 4 is 0 Å². The number of hydrogen-bond acceptors (Lipinski definition) is 2. The van der Waals surface area contributed by atoms with Crippen LogP contribution in [0.25, 0.3) is 0 Å². The Morgan fingerprint density at radius 1 is 1.16 bits per heavy atom. The van der Waals surface area contributed by atoms with Crippen LogP contribution in [0.3, 0.4) is 0 Å². The molecular weight excluding hydrogens is 234 g/mol. The largest absolute Gasteiger partial charge is 0.346 e. The first-order chi connectivity index (χ1) is 9.33. The fourth-order valence-corrected chi connectivity index (χ4v) is 5.35. The Kier molecular flexibility index (Phi) is 2.91. The average Bonchev–Trinajstić information content (AvgIpc) is 2.83. The van der Waals surface area contributed by atoms with Crippen molar-refractivity contribution in [3.05, 3.63) is 17.7 Å². The molecule has 1 aromatic rings. The standard InChI is InChI=1S/C16H25N3/c1-17-3-2-15-18-9-14(19-15)16-12-5-10-4-11(7-12)8-13(16)6-10/h9-13,16-17H,2-8H2,1H3,(H,18,19). The van der Waals surface area contributed by atoms with E-state index < -0.39 is 0 Å². The Morgan fingerprint density at radius 2 is 1.84 bits per heavy atom. The number of rotatable bonds is 4. The van der Waals surface area contributed by atoms with E-state index in [4.69, 9.17) is 0 Å². The van der Waals surface area contributed by atoms with Gasteiger partial charge in [-0.1, -0.05) is 0 Å². The van der Waals surface area contributed by atoms with E-state index in [0.717, 1.165) is 48.4 Å². The summed E-state index contributed by atoms with van der Waals surface area (Å²) in [6, 6.07) is 0. The second kappa shape index (κ2) is 4.62. The van der Waals surface area contributed by atoms with Crippen LogP contribution in [0.2, 0.25) is 0 Å². The third-order valence-electron chi connectivity index (χ3n) is 5.85. The van der Waals surface area contributed by atoms with Gasteiger partial charge in [-0.05, 0) is 62.8 Å². The Bertz CT molecular complexity index is 423. The van der Waals surface area contributed by atoms with Gasteiger partial charge in [-0.2, -0.15) is 0 Å². The number of H-pyrrole nitrogens is 1. The van der Waals surface area contributed by atoms with Crippen LogP contribution in [0.5, 0.6) is 0 Å². The van der Waals surface area contributed by atoms with E-state index >= 15 is 0 Å². The molecule has 104 valence electrons. The molecule has 4 aliphatic rings. The summed E-state index contributed by atoms with van der Waals surface area (Å²) < 4.78 is 0. The van der Waals surface area contributed by atoms with Crippen LogP contribution in [0, 0.1) is 23.7 Å². The molecule has 0 spiro atoms. The van der Waals surface area contributed by atoms with Crippen LogP contribution in [0.1, 0.15) is 49.5 Å². The highest BCUT2D eigenvalue weighted by molar-refractivity contribution is 5.16. The summed E-state index contributed by atoms with van der Waals surface area (Å²) in [5.74, 6) is 5.99. The number of hydrogen-bond donors (Lipinski definition) is 2. The van der Waals surface area contributed by atoms with Crippen LogP contribution < -0.4 is 5.32 Å². The van der Waals surface area contributed by atoms with Crippen LogP contribution >= 0.6 is 0 Å². The summed E-state index contributed by atoms with van der Waals surface area (Å²) in [5, 5.41) is 3.20. The van der Waals surface area contributed by atoms with Gasteiger partial charge in [0.05, 0.1) is 0 Å². The lowest BCUT2D eigenvalue weighted by Crippen LogP contribution is -2.43. The van der Waals surface area contributed by atoms with Crippen LogP contribution in [-0.4, -0.2) is 23.6 Å². The lowest BCUT2D eigenvalue weighted by Gasteiger charge is -2.54. The third-order valence-corrected chi connectivity index (χ3v) is 5.85. The van der Waals surface area contributed by atoms with Crippen molar-refractivity contribution in [3.63, 3.8) is 0 Å². The summed E-state index contributed by atoms with van der Waals surface area (Å²) >= 11 is 0. The quantitative estimate of drug-likeness (QED) is 0.873. The Hall–Kier alpha value is -0.830. The molecule has 4 aliphatic carbocycles. The molecule has 1 heterocycles. The first kappa shape index (κ1) is 12.0. The molecular formula is C16H25N3. The van der Waals surface area contributed by atoms with E-state index in [2.05, 4.69) is 21.5 Å². The van der Waals surface area contributed by atoms with Gasteiger partial charge in [-0.25, -0.2) is 4.98 Å². The number of aromatic amines is 1. The minimum absolute atomic E-state index is 0.795. The Labute approximate surface area is 115 Å². The van der Waals surface area contributed by atoms with Gasteiger partial charge in [0.2, 0.25) is 0 Å². The molecule has 3 heteroatoms. The summed E-state index contributed by atoms with van der Waals surface area (Å²) in [6.45, 7) is 1.01. The average molecular weight is 259 g/mol. The van der Waals surface area contributed by atoms with Gasteiger partial charge in [0.1, 0.15) is 5.82 Å². The molecule has 5 rings (SSSR count). The van der Waals surface area contributed by atoms with E-state index in [-0.39, 0.29) is 0 Å². The van der Waals surface area contributed by atoms with Crippen LogP contribution in [0.4, 0.5) is 0 Å². The van der Waals surface area contributed by atoms with Gasteiger partial charge < -0.3 is 10.3 Å². The van der Waals surface area contributed by atoms with Gasteiger partial charge in [0, 0.05) is 30.8 Å². The van der Waals surface area contributed by atoms with Gasteiger partial charge in [0.25, 0.3) is 0 Å². The SMILES string of the molecule is CNCCc1ncc(C2C3CC4CC(C3)CC2C4)[nH]1. The molecule has 0 saturated heterocycles. The molecule has 0 aromatic carbocycles. The Balaban J connectivity index is 1.54.